The van der Waals surface area contributed by atoms with Crippen molar-refractivity contribution >= 4 is 27.5 Å². The first kappa shape index (κ1) is 13.3. The third-order valence-corrected chi connectivity index (χ3v) is 4.16. The van der Waals surface area contributed by atoms with Gasteiger partial charge in [-0.3, -0.25) is 0 Å². The van der Waals surface area contributed by atoms with Crippen molar-refractivity contribution in [2.24, 2.45) is 0 Å². The smallest absolute Gasteiger partial charge is 0.0645 e. The number of hydrogen-bond acceptors (Lipinski definition) is 2. The molecular formula is C13H17BrClNO. The summed E-state index contributed by atoms with van der Waals surface area (Å²) in [5.41, 5.74) is 1.27. The zero-order valence-electron chi connectivity index (χ0n) is 9.93. The van der Waals surface area contributed by atoms with Gasteiger partial charge in [0, 0.05) is 28.2 Å². The van der Waals surface area contributed by atoms with Gasteiger partial charge in [-0.25, -0.2) is 0 Å². The lowest BCUT2D eigenvalue weighted by Crippen LogP contribution is -2.48. The Hall–Kier alpha value is -0.0900. The normalized spacial score (nSPS) is 24.9. The quantitative estimate of drug-likeness (QED) is 0.916. The predicted octanol–water partition coefficient (Wildman–Crippen LogP) is 3.76. The first-order chi connectivity index (χ1) is 8.09. The van der Waals surface area contributed by atoms with Gasteiger partial charge >= 0.3 is 0 Å². The molecule has 0 radical (unpaired) electrons. The molecule has 1 atom stereocenters. The molecule has 2 nitrogen and oxygen atoms in total. The number of rotatable bonds is 3. The molecule has 1 N–H and O–H groups in total. The molecule has 0 spiro atoms. The second-order valence-corrected chi connectivity index (χ2v) is 6.10. The Bertz CT molecular complexity index is 391. The van der Waals surface area contributed by atoms with Gasteiger partial charge in [-0.2, -0.15) is 0 Å². The molecule has 0 aromatic heterocycles. The summed E-state index contributed by atoms with van der Waals surface area (Å²) >= 11 is 9.54. The molecule has 1 aromatic rings. The van der Waals surface area contributed by atoms with Gasteiger partial charge in [-0.1, -0.05) is 27.5 Å². The Labute approximate surface area is 116 Å². The van der Waals surface area contributed by atoms with Crippen molar-refractivity contribution in [2.75, 3.05) is 13.2 Å². The van der Waals surface area contributed by atoms with Crippen molar-refractivity contribution in [2.45, 2.75) is 31.8 Å². The topological polar surface area (TPSA) is 21.3 Å². The van der Waals surface area contributed by atoms with Crippen LogP contribution in [0.4, 0.5) is 0 Å². The zero-order valence-corrected chi connectivity index (χ0v) is 12.3. The van der Waals surface area contributed by atoms with Gasteiger partial charge in [0.25, 0.3) is 0 Å². The maximum Gasteiger partial charge on any atom is 0.0645 e. The lowest BCUT2D eigenvalue weighted by molar-refractivity contribution is 0.0277. The Morgan fingerprint density at radius 1 is 1.53 bits per heavy atom. The fourth-order valence-corrected chi connectivity index (χ4v) is 2.64. The van der Waals surface area contributed by atoms with Gasteiger partial charge in [0.05, 0.1) is 6.61 Å². The molecule has 1 aliphatic rings. The molecule has 0 aliphatic carbocycles. The monoisotopic (exact) mass is 317 g/mol. The summed E-state index contributed by atoms with van der Waals surface area (Å²) in [4.78, 5) is 0. The molecule has 1 fully saturated rings. The Morgan fingerprint density at radius 2 is 2.35 bits per heavy atom. The minimum atomic E-state index is 0.0833. The summed E-state index contributed by atoms with van der Waals surface area (Å²) < 4.78 is 6.62. The van der Waals surface area contributed by atoms with Crippen molar-refractivity contribution in [3.8, 4) is 0 Å². The van der Waals surface area contributed by atoms with Crippen LogP contribution in [0.5, 0.6) is 0 Å². The maximum absolute atomic E-state index is 6.00. The van der Waals surface area contributed by atoms with Crippen LogP contribution < -0.4 is 5.32 Å². The molecule has 2 rings (SSSR count). The van der Waals surface area contributed by atoms with Crippen molar-refractivity contribution in [3.05, 3.63) is 33.3 Å². The molecule has 0 saturated carbocycles. The van der Waals surface area contributed by atoms with Gasteiger partial charge in [-0.15, -0.1) is 0 Å². The summed E-state index contributed by atoms with van der Waals surface area (Å²) in [6.45, 7) is 4.69. The summed E-state index contributed by atoms with van der Waals surface area (Å²) in [5.74, 6) is 0. The lowest BCUT2D eigenvalue weighted by Gasteiger charge is -2.34. The fraction of sp³-hybridized carbons (Fsp3) is 0.538. The van der Waals surface area contributed by atoms with E-state index in [2.05, 4.69) is 28.2 Å². The Balaban J connectivity index is 1.99. The van der Waals surface area contributed by atoms with Crippen LogP contribution in [0, 0.1) is 0 Å². The van der Waals surface area contributed by atoms with E-state index in [-0.39, 0.29) is 5.54 Å². The summed E-state index contributed by atoms with van der Waals surface area (Å²) in [6, 6.07) is 5.87. The highest BCUT2D eigenvalue weighted by Crippen LogP contribution is 2.23. The molecule has 17 heavy (non-hydrogen) atoms. The van der Waals surface area contributed by atoms with Crippen LogP contribution in [-0.2, 0) is 11.3 Å². The molecular weight excluding hydrogens is 302 g/mol. The fourth-order valence-electron chi connectivity index (χ4n) is 2.06. The molecule has 1 aromatic carbocycles. The second kappa shape index (κ2) is 5.70. The van der Waals surface area contributed by atoms with Crippen LogP contribution in [0.25, 0.3) is 0 Å². The van der Waals surface area contributed by atoms with Crippen LogP contribution in [-0.4, -0.2) is 18.8 Å². The molecule has 1 saturated heterocycles. The Morgan fingerprint density at radius 3 is 3.06 bits per heavy atom. The average molecular weight is 319 g/mol. The van der Waals surface area contributed by atoms with Crippen LogP contribution in [0.1, 0.15) is 25.3 Å². The highest BCUT2D eigenvalue weighted by atomic mass is 79.9. The first-order valence-electron chi connectivity index (χ1n) is 5.86. The van der Waals surface area contributed by atoms with E-state index in [4.69, 9.17) is 16.3 Å². The standard InChI is InChI=1S/C13H17BrClNO/c1-13(5-2-6-17-9-13)16-8-10-7-11(15)3-4-12(10)14/h3-4,7,16H,2,5-6,8-9H2,1H3. The first-order valence-corrected chi connectivity index (χ1v) is 7.03. The average Bonchev–Trinajstić information content (AvgIpc) is 2.31. The summed E-state index contributed by atoms with van der Waals surface area (Å²) in [5, 5.41) is 4.34. The molecule has 1 unspecified atom stereocenters. The number of halogens is 2. The van der Waals surface area contributed by atoms with Crippen LogP contribution in [0.15, 0.2) is 22.7 Å². The third-order valence-electron chi connectivity index (χ3n) is 3.15. The number of nitrogens with one attached hydrogen (secondary N) is 1. The van der Waals surface area contributed by atoms with Crippen LogP contribution >= 0.6 is 27.5 Å². The molecule has 1 aliphatic heterocycles. The molecule has 0 amide bonds. The van der Waals surface area contributed by atoms with Crippen LogP contribution in [0.3, 0.4) is 0 Å². The van der Waals surface area contributed by atoms with Crippen molar-refractivity contribution in [1.82, 2.24) is 5.32 Å². The van der Waals surface area contributed by atoms with Gasteiger partial charge in [-0.05, 0) is 43.5 Å². The molecule has 4 heteroatoms. The van der Waals surface area contributed by atoms with E-state index in [1.165, 1.54) is 5.56 Å². The van der Waals surface area contributed by atoms with Gasteiger partial charge < -0.3 is 10.1 Å². The predicted molar refractivity (Wildman–Crippen MR) is 74.4 cm³/mol. The molecule has 0 bridgehead atoms. The second-order valence-electron chi connectivity index (χ2n) is 4.81. The van der Waals surface area contributed by atoms with Crippen molar-refractivity contribution in [3.63, 3.8) is 0 Å². The van der Waals surface area contributed by atoms with E-state index >= 15 is 0 Å². The van der Waals surface area contributed by atoms with E-state index in [9.17, 15) is 0 Å². The minimum Gasteiger partial charge on any atom is -0.380 e. The number of ether oxygens (including phenoxy) is 1. The van der Waals surface area contributed by atoms with E-state index in [0.717, 1.165) is 42.1 Å². The Kier molecular flexibility index (Phi) is 4.47. The van der Waals surface area contributed by atoms with Crippen LogP contribution in [0.2, 0.25) is 5.02 Å². The van der Waals surface area contributed by atoms with E-state index < -0.39 is 0 Å². The van der Waals surface area contributed by atoms with E-state index in [1.807, 2.05) is 18.2 Å². The number of benzene rings is 1. The zero-order chi connectivity index (χ0) is 12.3. The van der Waals surface area contributed by atoms with Gasteiger partial charge in [0.2, 0.25) is 0 Å². The largest absolute Gasteiger partial charge is 0.380 e. The molecule has 1 heterocycles. The van der Waals surface area contributed by atoms with Crippen molar-refractivity contribution < 1.29 is 4.74 Å². The van der Waals surface area contributed by atoms with Gasteiger partial charge in [0.1, 0.15) is 0 Å². The third kappa shape index (κ3) is 3.68. The summed E-state index contributed by atoms with van der Waals surface area (Å²) in [6.07, 6.45) is 2.28. The highest BCUT2D eigenvalue weighted by molar-refractivity contribution is 9.10. The SMILES string of the molecule is CC1(NCc2cc(Cl)ccc2Br)CCCOC1. The van der Waals surface area contributed by atoms with E-state index in [0.29, 0.717) is 0 Å². The highest BCUT2D eigenvalue weighted by Gasteiger charge is 2.26. The summed E-state index contributed by atoms with van der Waals surface area (Å²) in [7, 11) is 0. The minimum absolute atomic E-state index is 0.0833. The maximum atomic E-state index is 6.00. The number of hydrogen-bond donors (Lipinski definition) is 1. The molecule has 94 valence electrons. The van der Waals surface area contributed by atoms with E-state index in [1.54, 1.807) is 0 Å². The van der Waals surface area contributed by atoms with Gasteiger partial charge in [0.15, 0.2) is 0 Å². The lowest BCUT2D eigenvalue weighted by atomic mass is 9.94. The van der Waals surface area contributed by atoms with Crippen molar-refractivity contribution in [1.29, 1.82) is 0 Å².